The molecular formula is C38H40BBrN10O6S2. The summed E-state index contributed by atoms with van der Waals surface area (Å²) in [7, 11) is 8.38. The number of nitrogens with one attached hydrogen (secondary N) is 2. The summed E-state index contributed by atoms with van der Waals surface area (Å²) in [6.07, 6.45) is 10.9. The Morgan fingerprint density at radius 3 is 1.53 bits per heavy atom. The molecule has 0 spiro atoms. The smallest absolute Gasteiger partial charge is 0.496 e. The number of halogens is 1. The molecule has 0 atom stereocenters. The van der Waals surface area contributed by atoms with Crippen LogP contribution in [0.3, 0.4) is 0 Å². The Kier molecular flexibility index (Phi) is 13.4. The zero-order valence-corrected chi connectivity index (χ0v) is 36.0. The maximum absolute atomic E-state index is 9.04. The number of anilines is 4. The molecule has 58 heavy (non-hydrogen) atoms. The molecule has 0 radical (unpaired) electrons. The number of methoxy groups -OCH3 is 4. The minimum Gasteiger partial charge on any atom is -0.497 e. The van der Waals surface area contributed by atoms with Crippen molar-refractivity contribution in [2.75, 3.05) is 39.1 Å². The fraction of sp³-hybridized carbons (Fsp3) is 0.211. The SMILES string of the molecule is COc1cccc(OC)c1-c1c(C)sc2cnc(Nc3cnn(C)c3)nc12.COc1cccc(OC)c1B(O)O.Cc1sc2cnc(Nc3cnn(C)c3)nc2c1Br. The molecule has 20 heteroatoms. The van der Waals surface area contributed by atoms with E-state index in [1.807, 2.05) is 57.1 Å². The summed E-state index contributed by atoms with van der Waals surface area (Å²) in [5.41, 5.74) is 5.66. The highest BCUT2D eigenvalue weighted by atomic mass is 79.9. The number of benzene rings is 2. The molecule has 6 aromatic heterocycles. The third-order valence-electron chi connectivity index (χ3n) is 8.47. The summed E-state index contributed by atoms with van der Waals surface area (Å²) in [5.74, 6) is 3.39. The highest BCUT2D eigenvalue weighted by Gasteiger charge is 2.23. The van der Waals surface area contributed by atoms with Crippen LogP contribution in [0, 0.1) is 13.8 Å². The topological polar surface area (TPSA) is 189 Å². The van der Waals surface area contributed by atoms with E-state index < -0.39 is 7.12 Å². The number of hydrogen-bond donors (Lipinski definition) is 4. The zero-order chi connectivity index (χ0) is 41.5. The Balaban J connectivity index is 0.000000158. The van der Waals surface area contributed by atoms with Crippen molar-refractivity contribution in [1.82, 2.24) is 39.5 Å². The van der Waals surface area contributed by atoms with Gasteiger partial charge in [0.25, 0.3) is 0 Å². The van der Waals surface area contributed by atoms with Gasteiger partial charge in [0, 0.05) is 41.8 Å². The van der Waals surface area contributed by atoms with Crippen LogP contribution in [0.15, 0.2) is 78.1 Å². The van der Waals surface area contributed by atoms with Crippen LogP contribution in [0.2, 0.25) is 0 Å². The second kappa shape index (κ2) is 18.6. The van der Waals surface area contributed by atoms with Gasteiger partial charge in [-0.1, -0.05) is 12.1 Å². The molecule has 8 aromatic rings. The number of nitrogens with zero attached hydrogens (tertiary/aromatic N) is 8. The molecule has 300 valence electrons. The first-order valence-corrected chi connectivity index (χ1v) is 19.8. The zero-order valence-electron chi connectivity index (χ0n) is 32.8. The lowest BCUT2D eigenvalue weighted by Gasteiger charge is -2.13. The fourth-order valence-electron chi connectivity index (χ4n) is 5.86. The van der Waals surface area contributed by atoms with Gasteiger partial charge in [-0.05, 0) is 54.0 Å². The molecule has 0 bridgehead atoms. The van der Waals surface area contributed by atoms with Gasteiger partial charge in [-0.3, -0.25) is 9.36 Å². The third kappa shape index (κ3) is 9.32. The second-order valence-corrected chi connectivity index (χ2v) is 15.7. The summed E-state index contributed by atoms with van der Waals surface area (Å²) < 4.78 is 27.7. The van der Waals surface area contributed by atoms with E-state index in [0.717, 1.165) is 63.8 Å². The van der Waals surface area contributed by atoms with E-state index in [2.05, 4.69) is 65.6 Å². The van der Waals surface area contributed by atoms with E-state index in [0.29, 0.717) is 23.4 Å². The lowest BCUT2D eigenvalue weighted by atomic mass is 9.78. The van der Waals surface area contributed by atoms with Crippen molar-refractivity contribution in [1.29, 1.82) is 0 Å². The minimum absolute atomic E-state index is 0.243. The fourth-order valence-corrected chi connectivity index (χ4v) is 8.39. The van der Waals surface area contributed by atoms with Crippen molar-refractivity contribution in [2.24, 2.45) is 14.1 Å². The molecule has 0 fully saturated rings. The number of fused-ring (bicyclic) bond motifs is 2. The predicted molar refractivity (Wildman–Crippen MR) is 233 cm³/mol. The number of hydrogen-bond acceptors (Lipinski definition) is 16. The van der Waals surface area contributed by atoms with Gasteiger partial charge in [0.05, 0.1) is 95.0 Å². The van der Waals surface area contributed by atoms with Gasteiger partial charge in [0.2, 0.25) is 11.9 Å². The van der Waals surface area contributed by atoms with Crippen molar-refractivity contribution >= 4 is 94.9 Å². The molecule has 16 nitrogen and oxygen atoms in total. The Hall–Kier alpha value is -5.80. The number of ether oxygens (including phenoxy) is 4. The normalized spacial score (nSPS) is 10.7. The molecule has 6 heterocycles. The second-order valence-electron chi connectivity index (χ2n) is 12.4. The molecule has 4 N–H and O–H groups in total. The first-order valence-electron chi connectivity index (χ1n) is 17.4. The van der Waals surface area contributed by atoms with E-state index in [4.69, 9.17) is 34.0 Å². The van der Waals surface area contributed by atoms with Crippen LogP contribution >= 0.6 is 38.6 Å². The maximum atomic E-state index is 9.04. The van der Waals surface area contributed by atoms with Crippen LogP contribution in [0.1, 0.15) is 9.75 Å². The largest absolute Gasteiger partial charge is 0.497 e. The van der Waals surface area contributed by atoms with E-state index in [1.54, 1.807) is 76.8 Å². The molecule has 0 amide bonds. The Bertz CT molecular complexity index is 2620. The van der Waals surface area contributed by atoms with E-state index in [9.17, 15) is 0 Å². The molecule has 0 aliphatic carbocycles. The van der Waals surface area contributed by atoms with E-state index in [1.165, 1.54) is 19.1 Å². The van der Waals surface area contributed by atoms with Crippen LogP contribution in [-0.2, 0) is 14.1 Å². The van der Waals surface area contributed by atoms with Crippen molar-refractivity contribution in [2.45, 2.75) is 13.8 Å². The van der Waals surface area contributed by atoms with Crippen LogP contribution < -0.4 is 35.0 Å². The summed E-state index contributed by atoms with van der Waals surface area (Å²) in [4.78, 5) is 20.3. The first kappa shape index (κ1) is 41.8. The predicted octanol–water partition coefficient (Wildman–Crippen LogP) is 6.78. The molecule has 0 aliphatic heterocycles. The lowest BCUT2D eigenvalue weighted by Crippen LogP contribution is -2.32. The van der Waals surface area contributed by atoms with Gasteiger partial charge in [0.15, 0.2) is 0 Å². The van der Waals surface area contributed by atoms with Gasteiger partial charge in [-0.25, -0.2) is 19.9 Å². The molecule has 0 saturated carbocycles. The average molecular weight is 888 g/mol. The van der Waals surface area contributed by atoms with E-state index in [-0.39, 0.29) is 5.46 Å². The quantitative estimate of drug-likeness (QED) is 0.105. The molecule has 8 rings (SSSR count). The van der Waals surface area contributed by atoms with Gasteiger partial charge in [-0.15, -0.1) is 22.7 Å². The Morgan fingerprint density at radius 2 is 1.09 bits per heavy atom. The first-order chi connectivity index (χ1) is 27.9. The number of aromatic nitrogens is 8. The summed E-state index contributed by atoms with van der Waals surface area (Å²) in [5, 5.41) is 32.7. The summed E-state index contributed by atoms with van der Waals surface area (Å²) >= 11 is 6.88. The van der Waals surface area contributed by atoms with Gasteiger partial charge < -0.3 is 39.6 Å². The molecule has 0 aliphatic rings. The molecule has 0 saturated heterocycles. The van der Waals surface area contributed by atoms with E-state index >= 15 is 0 Å². The standard InChI is InChI=1S/C19H19N5O2S.C11H10BrN5S.C8H11BO4/c1-11-16(17-13(25-3)6-5-7-14(17)26-4)18-15(27-11)9-20-19(23-18)22-12-8-21-24(2)10-12;1-6-9(12)10-8(18-6)4-13-11(16-10)15-7-3-14-17(2)5-7;1-12-6-4-3-5-7(13-2)8(6)9(10)11/h5-10H,1-4H3,(H,20,22,23);3-5H,1-2H3,(H,13,15,16);3-5,10-11H,1-2H3. The highest BCUT2D eigenvalue weighted by molar-refractivity contribution is 9.10. The van der Waals surface area contributed by atoms with Crippen molar-refractivity contribution < 1.29 is 29.0 Å². The van der Waals surface area contributed by atoms with Gasteiger partial charge >= 0.3 is 7.12 Å². The van der Waals surface area contributed by atoms with Crippen LogP contribution in [0.5, 0.6) is 23.0 Å². The Labute approximate surface area is 350 Å². The number of aryl methyl sites for hydroxylation is 4. The summed E-state index contributed by atoms with van der Waals surface area (Å²) in [6.45, 7) is 4.13. The van der Waals surface area contributed by atoms with Crippen LogP contribution in [0.25, 0.3) is 31.6 Å². The Morgan fingerprint density at radius 1 is 0.638 bits per heavy atom. The molecular weight excluding hydrogens is 847 g/mol. The van der Waals surface area contributed by atoms with Crippen LogP contribution in [0.4, 0.5) is 23.3 Å². The van der Waals surface area contributed by atoms with Crippen molar-refractivity contribution in [3.8, 4) is 34.1 Å². The van der Waals surface area contributed by atoms with Gasteiger partial charge in [-0.2, -0.15) is 10.2 Å². The molecule has 0 unspecified atom stereocenters. The monoisotopic (exact) mass is 886 g/mol. The van der Waals surface area contributed by atoms with Crippen LogP contribution in [-0.4, -0.2) is 85.1 Å². The average Bonchev–Trinajstić information content (AvgIpc) is 3.99. The molecule has 2 aromatic carbocycles. The van der Waals surface area contributed by atoms with Crippen molar-refractivity contribution in [3.63, 3.8) is 0 Å². The lowest BCUT2D eigenvalue weighted by molar-refractivity contribution is 0.385. The van der Waals surface area contributed by atoms with Crippen molar-refractivity contribution in [3.05, 3.63) is 87.8 Å². The maximum Gasteiger partial charge on any atom is 0.496 e. The third-order valence-corrected chi connectivity index (χ3v) is 11.8. The summed E-state index contributed by atoms with van der Waals surface area (Å²) in [6, 6.07) is 10.8. The van der Waals surface area contributed by atoms with Gasteiger partial charge in [0.1, 0.15) is 28.5 Å². The number of thiophene rings is 2. The minimum atomic E-state index is -1.59. The highest BCUT2D eigenvalue weighted by Crippen LogP contribution is 2.46. The number of rotatable bonds is 10.